The lowest BCUT2D eigenvalue weighted by molar-refractivity contribution is -0.365. The number of amides is 1. The molecule has 0 unspecified atom stereocenters. The van der Waals surface area contributed by atoms with Crippen molar-refractivity contribution in [2.24, 2.45) is 50.2 Å². The van der Waals surface area contributed by atoms with Gasteiger partial charge in [-0.25, -0.2) is 0 Å². The van der Waals surface area contributed by atoms with Crippen molar-refractivity contribution in [1.82, 2.24) is 5.32 Å². The van der Waals surface area contributed by atoms with E-state index in [1.54, 1.807) is 6.92 Å². The lowest BCUT2D eigenvalue weighted by Crippen LogP contribution is -2.67. The summed E-state index contributed by atoms with van der Waals surface area (Å²) in [5.41, 5.74) is 0.584. The molecule has 0 spiro atoms. The molecule has 318 valence electrons. The minimum atomic E-state index is -1.61. The number of hydrogen-bond acceptors (Lipinski definition) is 11. The molecular weight excluding hydrogens is 718 g/mol. The van der Waals surface area contributed by atoms with Gasteiger partial charge in [0.25, 0.3) is 0 Å². The first kappa shape index (κ1) is 41.5. The zero-order chi connectivity index (χ0) is 40.4. The van der Waals surface area contributed by atoms with Crippen molar-refractivity contribution in [3.05, 3.63) is 11.6 Å². The van der Waals surface area contributed by atoms with Gasteiger partial charge in [-0.3, -0.25) is 4.79 Å². The summed E-state index contributed by atoms with van der Waals surface area (Å²) in [6, 6.07) is 0.351. The summed E-state index contributed by atoms with van der Waals surface area (Å²) in [5, 5.41) is 67.9. The Kier molecular flexibility index (Phi) is 10.5. The Morgan fingerprint density at radius 1 is 0.821 bits per heavy atom. The van der Waals surface area contributed by atoms with E-state index >= 15 is 0 Å². The fourth-order valence-corrected chi connectivity index (χ4v) is 13.9. The van der Waals surface area contributed by atoms with Crippen LogP contribution in [-0.2, 0) is 23.7 Å². The van der Waals surface area contributed by atoms with Crippen molar-refractivity contribution in [2.75, 3.05) is 13.2 Å². The quantitative estimate of drug-likeness (QED) is 0.147. The fourth-order valence-electron chi connectivity index (χ4n) is 13.9. The van der Waals surface area contributed by atoms with Gasteiger partial charge < -0.3 is 54.9 Å². The summed E-state index contributed by atoms with van der Waals surface area (Å²) < 4.78 is 24.5. The van der Waals surface area contributed by atoms with E-state index in [-0.39, 0.29) is 52.1 Å². The second-order valence-corrected chi connectivity index (χ2v) is 21.5. The molecule has 2 aliphatic heterocycles. The Hall–Kier alpha value is -1.19. The number of ether oxygens (including phenoxy) is 4. The molecule has 18 atom stereocenters. The monoisotopic (exact) mass is 790 g/mol. The van der Waals surface area contributed by atoms with E-state index in [0.29, 0.717) is 24.3 Å². The zero-order valence-corrected chi connectivity index (χ0v) is 34.8. The molecule has 0 bridgehead atoms. The summed E-state index contributed by atoms with van der Waals surface area (Å²) in [4.78, 5) is 14.2. The van der Waals surface area contributed by atoms with Gasteiger partial charge in [-0.1, -0.05) is 53.2 Å². The predicted octanol–water partition coefficient (Wildman–Crippen LogP) is 3.72. The van der Waals surface area contributed by atoms with Crippen LogP contribution in [0.15, 0.2) is 11.6 Å². The van der Waals surface area contributed by atoms with Crippen LogP contribution >= 0.6 is 0 Å². The maximum Gasteiger partial charge on any atom is 0.227 e. The van der Waals surface area contributed by atoms with Crippen LogP contribution in [0, 0.1) is 50.2 Å². The fraction of sp³-hybridized carbons (Fsp3) is 0.932. The number of hydrogen-bond donors (Lipinski definition) is 7. The molecule has 12 heteroatoms. The molecule has 2 saturated heterocycles. The van der Waals surface area contributed by atoms with Crippen LogP contribution in [0.2, 0.25) is 0 Å². The van der Waals surface area contributed by atoms with E-state index < -0.39 is 66.8 Å². The Bertz CT molecular complexity index is 1540. The predicted molar refractivity (Wildman–Crippen MR) is 205 cm³/mol. The molecule has 8 rings (SSSR count). The number of allylic oxidation sites excluding steroid dienone is 2. The molecule has 6 aliphatic carbocycles. The van der Waals surface area contributed by atoms with E-state index in [9.17, 15) is 35.4 Å². The largest absolute Gasteiger partial charge is 0.396 e. The Balaban J connectivity index is 1.05. The number of rotatable bonds is 7. The Labute approximate surface area is 333 Å². The van der Waals surface area contributed by atoms with Gasteiger partial charge >= 0.3 is 0 Å². The maximum atomic E-state index is 14.2. The average Bonchev–Trinajstić information content (AvgIpc) is 3.97. The summed E-state index contributed by atoms with van der Waals surface area (Å²) in [7, 11) is 0. The lowest BCUT2D eigenvalue weighted by Gasteiger charge is -2.71. The molecule has 7 fully saturated rings. The van der Waals surface area contributed by atoms with Crippen molar-refractivity contribution in [2.45, 2.75) is 193 Å². The number of nitrogens with one attached hydrogen (secondary N) is 1. The highest BCUT2D eigenvalue weighted by molar-refractivity contribution is 5.84. The van der Waals surface area contributed by atoms with Gasteiger partial charge in [0.2, 0.25) is 5.91 Å². The van der Waals surface area contributed by atoms with Gasteiger partial charge in [-0.05, 0) is 123 Å². The second-order valence-electron chi connectivity index (χ2n) is 21.5. The minimum Gasteiger partial charge on any atom is -0.396 e. The number of aliphatic hydroxyl groups is 6. The zero-order valence-electron chi connectivity index (χ0n) is 34.8. The van der Waals surface area contributed by atoms with Crippen LogP contribution in [0.1, 0.15) is 126 Å². The van der Waals surface area contributed by atoms with Gasteiger partial charge in [0.15, 0.2) is 12.6 Å². The normalized spacial score (nSPS) is 54.1. The first-order valence-electron chi connectivity index (χ1n) is 21.9. The molecule has 0 aromatic carbocycles. The molecule has 56 heavy (non-hydrogen) atoms. The van der Waals surface area contributed by atoms with Crippen LogP contribution in [0.5, 0.6) is 0 Å². The third-order valence-electron chi connectivity index (χ3n) is 17.9. The van der Waals surface area contributed by atoms with Gasteiger partial charge in [0, 0.05) is 11.5 Å². The molecule has 0 radical (unpaired) electrons. The van der Waals surface area contributed by atoms with E-state index in [1.807, 2.05) is 0 Å². The number of carbonyl (C=O) groups excluding carboxylic acids is 1. The third kappa shape index (κ3) is 6.23. The van der Waals surface area contributed by atoms with Crippen molar-refractivity contribution >= 4 is 5.91 Å². The Morgan fingerprint density at radius 2 is 1.54 bits per heavy atom. The summed E-state index contributed by atoms with van der Waals surface area (Å²) in [6.07, 6.45) is 1.79. The van der Waals surface area contributed by atoms with E-state index in [1.165, 1.54) is 5.57 Å². The van der Waals surface area contributed by atoms with Gasteiger partial charge in [-0.15, -0.1) is 0 Å². The van der Waals surface area contributed by atoms with Crippen LogP contribution < -0.4 is 5.32 Å². The highest BCUT2D eigenvalue weighted by Gasteiger charge is 2.70. The lowest BCUT2D eigenvalue weighted by atomic mass is 9.33. The molecular formula is C44H71NO11. The SMILES string of the molecule is C[C@@H]1O[C@@H](O[C@H]2[C@H](O[C@H]3CC[C@@]4(C)[C@@H](CC[C@]5(C)[C@@H]4CC=C4[C@@H]6CC(C)(C)CC[C@]6(C(=O)NC6CC6)CC[C@]45C)[C@]3(C)CO)OC[C@H](O)[C@@H]2O)[C@H](O)[C@H](O)[C@H]1O. The second kappa shape index (κ2) is 14.2. The molecule has 0 aromatic heterocycles. The summed E-state index contributed by atoms with van der Waals surface area (Å²) in [6.45, 7) is 15.6. The first-order chi connectivity index (χ1) is 26.2. The van der Waals surface area contributed by atoms with Crippen molar-refractivity contribution in [3.8, 4) is 0 Å². The maximum absolute atomic E-state index is 14.2. The molecule has 2 heterocycles. The molecule has 12 nitrogen and oxygen atoms in total. The van der Waals surface area contributed by atoms with Gasteiger partial charge in [0.05, 0.1) is 30.8 Å². The Morgan fingerprint density at radius 3 is 2.23 bits per heavy atom. The smallest absolute Gasteiger partial charge is 0.227 e. The van der Waals surface area contributed by atoms with E-state index in [2.05, 4.69) is 52.9 Å². The van der Waals surface area contributed by atoms with Crippen LogP contribution in [0.3, 0.4) is 0 Å². The van der Waals surface area contributed by atoms with Crippen molar-refractivity contribution in [1.29, 1.82) is 0 Å². The van der Waals surface area contributed by atoms with Crippen LogP contribution in [0.4, 0.5) is 0 Å². The molecule has 8 aliphatic rings. The third-order valence-corrected chi connectivity index (χ3v) is 17.9. The summed E-state index contributed by atoms with van der Waals surface area (Å²) in [5.74, 6) is 1.03. The first-order valence-corrected chi connectivity index (χ1v) is 21.9. The highest BCUT2D eigenvalue weighted by Crippen LogP contribution is 2.76. The minimum absolute atomic E-state index is 0.00882. The molecule has 0 aromatic rings. The number of fused-ring (bicyclic) bond motifs is 7. The van der Waals surface area contributed by atoms with E-state index in [0.717, 1.165) is 70.6 Å². The van der Waals surface area contributed by atoms with E-state index in [4.69, 9.17) is 18.9 Å². The van der Waals surface area contributed by atoms with Gasteiger partial charge in [-0.2, -0.15) is 0 Å². The van der Waals surface area contributed by atoms with Gasteiger partial charge in [0.1, 0.15) is 36.6 Å². The molecule has 1 amide bonds. The molecule has 7 N–H and O–H groups in total. The standard InChI is InChI=1S/C44H71NO11/c1-23-31(48)33(50)34(51)36(54-23)56-35-32(49)27(47)21-53-37(35)55-30-13-14-40(4)28(41(30,5)22-46)12-15-43(7)29(40)11-10-25-26-20-39(2,3)16-18-44(26,19-17-42(25,43)6)38(52)45-24-8-9-24/h10,23-24,26-37,46-51H,8-9,11-22H2,1-7H3,(H,45,52)/t23-,26-,27-,28+,29+,30-,31-,32-,33+,34+,35+,36-,37-,40-,41-,42+,43+,44-/m0/s1. The van der Waals surface area contributed by atoms with Crippen molar-refractivity contribution in [3.63, 3.8) is 0 Å². The summed E-state index contributed by atoms with van der Waals surface area (Å²) >= 11 is 0. The molecule has 5 saturated carbocycles. The van der Waals surface area contributed by atoms with Crippen LogP contribution in [-0.4, -0.2) is 117 Å². The van der Waals surface area contributed by atoms with Crippen LogP contribution in [0.25, 0.3) is 0 Å². The van der Waals surface area contributed by atoms with Crippen molar-refractivity contribution < 1.29 is 54.4 Å². The average molecular weight is 790 g/mol. The number of aliphatic hydroxyl groups excluding tert-OH is 6. The number of carbonyl (C=O) groups is 1. The topological polar surface area (TPSA) is 187 Å². The highest BCUT2D eigenvalue weighted by atomic mass is 16.8.